The van der Waals surface area contributed by atoms with E-state index in [9.17, 15) is 13.2 Å². The summed E-state index contributed by atoms with van der Waals surface area (Å²) in [6, 6.07) is 13.4. The molecule has 0 amide bonds. The number of hydrogen-bond acceptors (Lipinski definition) is 8. The van der Waals surface area contributed by atoms with E-state index in [1.165, 1.54) is 5.56 Å². The van der Waals surface area contributed by atoms with Crippen LogP contribution in [0.2, 0.25) is 0 Å². The number of hydrogen-bond donors (Lipinski definition) is 1. The number of halogens is 3. The van der Waals surface area contributed by atoms with Gasteiger partial charge in [-0.2, -0.15) is 28.1 Å². The van der Waals surface area contributed by atoms with Gasteiger partial charge in [0.15, 0.2) is 6.61 Å². The molecule has 1 aromatic carbocycles. The van der Waals surface area contributed by atoms with Gasteiger partial charge in [0.25, 0.3) is 0 Å². The predicted octanol–water partition coefficient (Wildman–Crippen LogP) is 3.65. The van der Waals surface area contributed by atoms with Crippen LogP contribution in [-0.2, 0) is 13.1 Å². The molecule has 1 fully saturated rings. The lowest BCUT2D eigenvalue weighted by molar-refractivity contribution is -0.154. The van der Waals surface area contributed by atoms with Gasteiger partial charge < -0.3 is 19.4 Å². The quantitative estimate of drug-likeness (QED) is 0.544. The molecule has 0 saturated carbocycles. The van der Waals surface area contributed by atoms with E-state index in [-0.39, 0.29) is 24.5 Å². The Bertz CT molecular complexity index is 1040. The molecule has 4 rings (SSSR count). The molecule has 1 saturated heterocycles. The molecular weight excluding hydrogens is 437 g/mol. The second kappa shape index (κ2) is 10.1. The van der Waals surface area contributed by atoms with E-state index in [1.807, 2.05) is 36.1 Å². The maximum atomic E-state index is 12.7. The molecule has 33 heavy (non-hydrogen) atoms. The summed E-state index contributed by atoms with van der Waals surface area (Å²) in [4.78, 5) is 16.8. The lowest BCUT2D eigenvalue weighted by Gasteiger charge is -2.34. The zero-order chi connectivity index (χ0) is 23.3. The molecule has 11 heteroatoms. The second-order valence-corrected chi connectivity index (χ2v) is 7.76. The fourth-order valence-electron chi connectivity index (χ4n) is 3.47. The lowest BCUT2D eigenvalue weighted by Crippen LogP contribution is -2.46. The Morgan fingerprint density at radius 3 is 2.42 bits per heavy atom. The van der Waals surface area contributed by atoms with Gasteiger partial charge in [0.05, 0.1) is 6.54 Å². The van der Waals surface area contributed by atoms with Crippen molar-refractivity contribution < 1.29 is 22.3 Å². The number of furan rings is 1. The van der Waals surface area contributed by atoms with Gasteiger partial charge in [-0.15, -0.1) is 0 Å². The van der Waals surface area contributed by atoms with Crippen molar-refractivity contribution in [2.24, 2.45) is 0 Å². The number of aryl methyl sites for hydroxylation is 1. The minimum Gasteiger partial charge on any atom is -0.465 e. The van der Waals surface area contributed by atoms with Crippen molar-refractivity contribution in [1.29, 1.82) is 0 Å². The summed E-state index contributed by atoms with van der Waals surface area (Å²) >= 11 is 0. The van der Waals surface area contributed by atoms with Crippen LogP contribution < -0.4 is 15.0 Å². The zero-order valence-electron chi connectivity index (χ0n) is 18.2. The highest BCUT2D eigenvalue weighted by molar-refractivity contribution is 5.39. The number of anilines is 2. The van der Waals surface area contributed by atoms with Gasteiger partial charge in [-0.1, -0.05) is 30.3 Å². The molecule has 1 aliphatic heterocycles. The summed E-state index contributed by atoms with van der Waals surface area (Å²) < 4.78 is 48.3. The van der Waals surface area contributed by atoms with Crippen molar-refractivity contribution in [3.8, 4) is 6.01 Å². The molecule has 1 aliphatic rings. The summed E-state index contributed by atoms with van der Waals surface area (Å²) in [5.74, 6) is 1.81. The zero-order valence-corrected chi connectivity index (χ0v) is 18.2. The summed E-state index contributed by atoms with van der Waals surface area (Å²) in [7, 11) is 0. The van der Waals surface area contributed by atoms with Crippen molar-refractivity contribution in [1.82, 2.24) is 19.9 Å². The maximum Gasteiger partial charge on any atom is 0.422 e. The number of nitrogens with one attached hydrogen (secondary N) is 1. The van der Waals surface area contributed by atoms with Crippen molar-refractivity contribution in [3.63, 3.8) is 0 Å². The summed E-state index contributed by atoms with van der Waals surface area (Å²) in [6.45, 7) is 4.27. The highest BCUT2D eigenvalue weighted by atomic mass is 19.4. The molecule has 0 aliphatic carbocycles. The van der Waals surface area contributed by atoms with Crippen molar-refractivity contribution in [2.75, 3.05) is 43.0 Å². The fourth-order valence-corrected chi connectivity index (χ4v) is 3.47. The van der Waals surface area contributed by atoms with Gasteiger partial charge >= 0.3 is 12.2 Å². The number of benzene rings is 1. The van der Waals surface area contributed by atoms with E-state index >= 15 is 0 Å². The second-order valence-electron chi connectivity index (χ2n) is 7.76. The molecule has 1 N–H and O–H groups in total. The van der Waals surface area contributed by atoms with Gasteiger partial charge in [0.1, 0.15) is 11.5 Å². The first-order valence-corrected chi connectivity index (χ1v) is 10.6. The lowest BCUT2D eigenvalue weighted by atomic mass is 10.2. The Morgan fingerprint density at radius 2 is 1.76 bits per heavy atom. The third-order valence-electron chi connectivity index (χ3n) is 5.09. The third kappa shape index (κ3) is 6.82. The Balaban J connectivity index is 1.43. The molecule has 176 valence electrons. The molecule has 8 nitrogen and oxygen atoms in total. The van der Waals surface area contributed by atoms with Crippen LogP contribution in [0.5, 0.6) is 6.01 Å². The summed E-state index contributed by atoms with van der Waals surface area (Å²) in [6.07, 6.45) is -4.49. The van der Waals surface area contributed by atoms with E-state index < -0.39 is 12.8 Å². The van der Waals surface area contributed by atoms with Gasteiger partial charge in [-0.05, 0) is 24.6 Å². The molecule has 0 bridgehead atoms. The number of piperazine rings is 1. The highest BCUT2D eigenvalue weighted by Crippen LogP contribution is 2.21. The SMILES string of the molecule is Cc1ccc(CNc2nc(OCC(F)(F)F)nc(N3CCN(Cc4ccccc4)CC3)n2)o1. The van der Waals surface area contributed by atoms with E-state index in [0.717, 1.165) is 25.4 Å². The van der Waals surface area contributed by atoms with E-state index in [0.29, 0.717) is 18.8 Å². The van der Waals surface area contributed by atoms with Crippen LogP contribution in [0.3, 0.4) is 0 Å². The first-order chi connectivity index (χ1) is 15.8. The molecule has 2 aromatic heterocycles. The minimum atomic E-state index is -4.49. The van der Waals surface area contributed by atoms with E-state index in [2.05, 4.69) is 37.3 Å². The summed E-state index contributed by atoms with van der Waals surface area (Å²) in [5.41, 5.74) is 1.23. The average molecular weight is 462 g/mol. The van der Waals surface area contributed by atoms with Crippen molar-refractivity contribution >= 4 is 11.9 Å². The van der Waals surface area contributed by atoms with Gasteiger partial charge in [-0.3, -0.25) is 4.90 Å². The monoisotopic (exact) mass is 462 g/mol. The molecule has 3 heterocycles. The van der Waals surface area contributed by atoms with Crippen LogP contribution in [0.15, 0.2) is 46.9 Å². The highest BCUT2D eigenvalue weighted by Gasteiger charge is 2.29. The molecule has 0 unspecified atom stereocenters. The minimum absolute atomic E-state index is 0.123. The predicted molar refractivity (Wildman–Crippen MR) is 116 cm³/mol. The van der Waals surface area contributed by atoms with Crippen molar-refractivity contribution in [2.45, 2.75) is 26.2 Å². The molecular formula is C22H25F3N6O2. The van der Waals surface area contributed by atoms with Crippen LogP contribution in [0.4, 0.5) is 25.1 Å². The Hall–Kier alpha value is -3.34. The Morgan fingerprint density at radius 1 is 1.00 bits per heavy atom. The number of nitrogens with zero attached hydrogens (tertiary/aromatic N) is 5. The number of ether oxygens (including phenoxy) is 1. The third-order valence-corrected chi connectivity index (χ3v) is 5.09. The first-order valence-electron chi connectivity index (χ1n) is 10.6. The fraction of sp³-hybridized carbons (Fsp3) is 0.409. The first kappa shape index (κ1) is 22.8. The van der Waals surface area contributed by atoms with Crippen LogP contribution >= 0.6 is 0 Å². The largest absolute Gasteiger partial charge is 0.465 e. The average Bonchev–Trinajstić information content (AvgIpc) is 3.22. The van der Waals surface area contributed by atoms with E-state index in [1.54, 1.807) is 6.07 Å². The number of aromatic nitrogens is 3. The van der Waals surface area contributed by atoms with Crippen LogP contribution in [0.25, 0.3) is 0 Å². The molecule has 3 aromatic rings. The number of rotatable bonds is 8. The van der Waals surface area contributed by atoms with Gasteiger partial charge in [-0.25, -0.2) is 0 Å². The smallest absolute Gasteiger partial charge is 0.422 e. The van der Waals surface area contributed by atoms with Gasteiger partial charge in [0.2, 0.25) is 11.9 Å². The standard InChI is InChI=1S/C22H25F3N6O2/c1-16-7-8-18(33-16)13-26-19-27-20(29-21(28-19)32-15-22(23,24)25)31-11-9-30(10-12-31)14-17-5-3-2-4-6-17/h2-8H,9-15H2,1H3,(H,26,27,28,29). The molecule has 0 spiro atoms. The van der Waals surface area contributed by atoms with E-state index in [4.69, 9.17) is 9.15 Å². The van der Waals surface area contributed by atoms with Crippen LogP contribution in [0.1, 0.15) is 17.1 Å². The van der Waals surface area contributed by atoms with Crippen LogP contribution in [0, 0.1) is 6.92 Å². The summed E-state index contributed by atoms with van der Waals surface area (Å²) in [5, 5.41) is 2.98. The van der Waals surface area contributed by atoms with Crippen LogP contribution in [-0.4, -0.2) is 58.8 Å². The van der Waals surface area contributed by atoms with Crippen molar-refractivity contribution in [3.05, 3.63) is 59.5 Å². The van der Waals surface area contributed by atoms with Gasteiger partial charge in [0, 0.05) is 32.7 Å². The number of alkyl halides is 3. The Kier molecular flexibility index (Phi) is 6.97. The maximum absolute atomic E-state index is 12.7. The molecule has 0 atom stereocenters. The molecule has 0 radical (unpaired) electrons. The normalized spacial score (nSPS) is 15.0. The Labute approximate surface area is 189 Å². The topological polar surface area (TPSA) is 79.6 Å².